The van der Waals surface area contributed by atoms with E-state index in [2.05, 4.69) is 15.6 Å². The summed E-state index contributed by atoms with van der Waals surface area (Å²) < 4.78 is 5.63. The topological polar surface area (TPSA) is 80.3 Å². The third-order valence-electron chi connectivity index (χ3n) is 3.39. The third-order valence-corrected chi connectivity index (χ3v) is 4.51. The maximum atomic E-state index is 11.9. The molecule has 1 heterocycles. The molecule has 0 radical (unpaired) electrons. The van der Waals surface area contributed by atoms with E-state index in [1.165, 1.54) is 11.3 Å². The maximum Gasteiger partial charge on any atom is 0.226 e. The zero-order valence-corrected chi connectivity index (χ0v) is 16.3. The standard InChI is InChI=1S/C18H22ClN3O3S/c1-12(2)18(24)21-8-7-20-16(23)9-14-11-26-17(22-14)10-25-15-5-3-13(19)4-6-15/h3-6,11-12H,7-10H2,1-2H3,(H,20,23)(H,21,24). The molecule has 0 unspecified atom stereocenters. The van der Waals surface area contributed by atoms with Crippen molar-refractivity contribution in [3.05, 3.63) is 45.4 Å². The summed E-state index contributed by atoms with van der Waals surface area (Å²) >= 11 is 7.28. The molecule has 2 N–H and O–H groups in total. The number of nitrogens with one attached hydrogen (secondary N) is 2. The van der Waals surface area contributed by atoms with E-state index in [1.807, 2.05) is 19.2 Å². The number of nitrogens with zero attached hydrogens (tertiary/aromatic N) is 1. The van der Waals surface area contributed by atoms with Crippen LogP contribution < -0.4 is 15.4 Å². The van der Waals surface area contributed by atoms with Gasteiger partial charge in [-0.15, -0.1) is 11.3 Å². The van der Waals surface area contributed by atoms with Crippen LogP contribution >= 0.6 is 22.9 Å². The summed E-state index contributed by atoms with van der Waals surface area (Å²) in [7, 11) is 0. The molecule has 0 saturated heterocycles. The molecule has 0 aliphatic rings. The second kappa shape index (κ2) is 10.1. The van der Waals surface area contributed by atoms with E-state index in [9.17, 15) is 9.59 Å². The summed E-state index contributed by atoms with van der Waals surface area (Å²) in [4.78, 5) is 27.7. The highest BCUT2D eigenvalue weighted by Crippen LogP contribution is 2.18. The molecule has 0 atom stereocenters. The van der Waals surface area contributed by atoms with Crippen molar-refractivity contribution in [1.29, 1.82) is 0 Å². The number of carbonyl (C=O) groups is 2. The first-order valence-electron chi connectivity index (χ1n) is 8.30. The molecule has 0 spiro atoms. The van der Waals surface area contributed by atoms with Crippen LogP contribution in [0.25, 0.3) is 0 Å². The smallest absolute Gasteiger partial charge is 0.226 e. The summed E-state index contributed by atoms with van der Waals surface area (Å²) in [5, 5.41) is 8.82. The molecule has 6 nitrogen and oxygen atoms in total. The zero-order chi connectivity index (χ0) is 18.9. The predicted molar refractivity (Wildman–Crippen MR) is 102 cm³/mol. The fraction of sp³-hybridized carbons (Fsp3) is 0.389. The van der Waals surface area contributed by atoms with Crippen LogP contribution in [0, 0.1) is 5.92 Å². The van der Waals surface area contributed by atoms with Gasteiger partial charge >= 0.3 is 0 Å². The summed E-state index contributed by atoms with van der Waals surface area (Å²) in [6, 6.07) is 7.11. The number of hydrogen-bond acceptors (Lipinski definition) is 5. The SMILES string of the molecule is CC(C)C(=O)NCCNC(=O)Cc1csc(COc2ccc(Cl)cc2)n1. The molecule has 140 valence electrons. The lowest BCUT2D eigenvalue weighted by Gasteiger charge is -2.08. The van der Waals surface area contributed by atoms with Crippen LogP contribution in [-0.4, -0.2) is 29.9 Å². The monoisotopic (exact) mass is 395 g/mol. The van der Waals surface area contributed by atoms with Gasteiger partial charge in [0, 0.05) is 29.4 Å². The highest BCUT2D eigenvalue weighted by molar-refractivity contribution is 7.09. The fourth-order valence-corrected chi connectivity index (χ4v) is 2.82. The molecule has 1 aromatic heterocycles. The Hall–Kier alpha value is -2.12. The summed E-state index contributed by atoms with van der Waals surface area (Å²) in [5.41, 5.74) is 0.702. The number of thiazole rings is 1. The van der Waals surface area contributed by atoms with Gasteiger partial charge in [-0.2, -0.15) is 0 Å². The summed E-state index contributed by atoms with van der Waals surface area (Å²) in [6.07, 6.45) is 0.204. The Morgan fingerprint density at radius 2 is 1.88 bits per heavy atom. The van der Waals surface area contributed by atoms with Crippen molar-refractivity contribution in [3.63, 3.8) is 0 Å². The molecule has 0 bridgehead atoms. The number of ether oxygens (including phenoxy) is 1. The first kappa shape index (κ1) is 20.2. The van der Waals surface area contributed by atoms with Crippen LogP contribution in [0.3, 0.4) is 0 Å². The first-order chi connectivity index (χ1) is 12.4. The van der Waals surface area contributed by atoms with Crippen LogP contribution in [0.15, 0.2) is 29.6 Å². The van der Waals surface area contributed by atoms with E-state index in [-0.39, 0.29) is 24.2 Å². The lowest BCUT2D eigenvalue weighted by atomic mass is 10.2. The Kier molecular flexibility index (Phi) is 7.87. The van der Waals surface area contributed by atoms with Gasteiger partial charge in [-0.1, -0.05) is 25.4 Å². The fourth-order valence-electron chi connectivity index (χ4n) is 1.99. The minimum absolute atomic E-state index is 0.0240. The van der Waals surface area contributed by atoms with Crippen molar-refractivity contribution in [2.24, 2.45) is 5.92 Å². The quantitative estimate of drug-likeness (QED) is 0.640. The van der Waals surface area contributed by atoms with Crippen LogP contribution in [0.5, 0.6) is 5.75 Å². The highest BCUT2D eigenvalue weighted by Gasteiger charge is 2.09. The Balaban J connectivity index is 1.69. The maximum absolute atomic E-state index is 11.9. The number of hydrogen-bond donors (Lipinski definition) is 2. The van der Waals surface area contributed by atoms with Gasteiger partial charge in [0.2, 0.25) is 11.8 Å². The van der Waals surface area contributed by atoms with Gasteiger partial charge in [0.05, 0.1) is 12.1 Å². The number of carbonyl (C=O) groups excluding carboxylic acids is 2. The normalized spacial score (nSPS) is 10.6. The largest absolute Gasteiger partial charge is 0.486 e. The van der Waals surface area contributed by atoms with Crippen molar-refractivity contribution in [2.75, 3.05) is 13.1 Å². The van der Waals surface area contributed by atoms with Crippen molar-refractivity contribution in [2.45, 2.75) is 26.9 Å². The minimum atomic E-state index is -0.126. The van der Waals surface area contributed by atoms with E-state index in [4.69, 9.17) is 16.3 Å². The number of halogens is 1. The van der Waals surface area contributed by atoms with E-state index in [0.717, 1.165) is 5.01 Å². The van der Waals surface area contributed by atoms with E-state index >= 15 is 0 Å². The average molecular weight is 396 g/mol. The molecule has 2 amide bonds. The Morgan fingerprint density at radius 1 is 1.19 bits per heavy atom. The molecule has 8 heteroatoms. The van der Waals surface area contributed by atoms with Crippen LogP contribution in [-0.2, 0) is 22.6 Å². The first-order valence-corrected chi connectivity index (χ1v) is 9.56. The van der Waals surface area contributed by atoms with Crippen LogP contribution in [0.4, 0.5) is 0 Å². The highest BCUT2D eigenvalue weighted by atomic mass is 35.5. The average Bonchev–Trinajstić information content (AvgIpc) is 3.05. The number of rotatable bonds is 9. The molecule has 2 aromatic rings. The van der Waals surface area contributed by atoms with Crippen molar-refractivity contribution in [1.82, 2.24) is 15.6 Å². The predicted octanol–water partition coefficient (Wildman–Crippen LogP) is 2.81. The Labute approximate surface area is 161 Å². The second-order valence-electron chi connectivity index (χ2n) is 5.95. The van der Waals surface area contributed by atoms with E-state index in [1.54, 1.807) is 24.3 Å². The molecule has 26 heavy (non-hydrogen) atoms. The van der Waals surface area contributed by atoms with E-state index in [0.29, 0.717) is 36.2 Å². The van der Waals surface area contributed by atoms with Gasteiger partial charge in [-0.25, -0.2) is 4.98 Å². The lowest BCUT2D eigenvalue weighted by Crippen LogP contribution is -2.36. The van der Waals surface area contributed by atoms with Crippen molar-refractivity contribution >= 4 is 34.8 Å². The van der Waals surface area contributed by atoms with Gasteiger partial charge in [-0.3, -0.25) is 9.59 Å². The molecule has 2 rings (SSSR count). The van der Waals surface area contributed by atoms with Crippen LogP contribution in [0.1, 0.15) is 24.5 Å². The second-order valence-corrected chi connectivity index (χ2v) is 7.33. The Morgan fingerprint density at radius 3 is 2.58 bits per heavy atom. The summed E-state index contributed by atoms with van der Waals surface area (Å²) in [5.74, 6) is 0.505. The molecule has 1 aromatic carbocycles. The van der Waals surface area contributed by atoms with Crippen molar-refractivity contribution < 1.29 is 14.3 Å². The lowest BCUT2D eigenvalue weighted by molar-refractivity contribution is -0.124. The molecule has 0 saturated carbocycles. The number of amides is 2. The molecular weight excluding hydrogens is 374 g/mol. The number of aromatic nitrogens is 1. The van der Waals surface area contributed by atoms with Crippen molar-refractivity contribution in [3.8, 4) is 5.75 Å². The minimum Gasteiger partial charge on any atom is -0.486 e. The van der Waals surface area contributed by atoms with Gasteiger partial charge in [-0.05, 0) is 24.3 Å². The van der Waals surface area contributed by atoms with E-state index < -0.39 is 0 Å². The van der Waals surface area contributed by atoms with Gasteiger partial charge in [0.25, 0.3) is 0 Å². The molecular formula is C18H22ClN3O3S. The summed E-state index contributed by atoms with van der Waals surface area (Å²) in [6.45, 7) is 4.80. The molecule has 0 aliphatic carbocycles. The Bertz CT molecular complexity index is 732. The zero-order valence-electron chi connectivity index (χ0n) is 14.8. The number of benzene rings is 1. The third kappa shape index (κ3) is 7.01. The van der Waals surface area contributed by atoms with Crippen LogP contribution in [0.2, 0.25) is 5.02 Å². The van der Waals surface area contributed by atoms with Gasteiger partial charge in [0.15, 0.2) is 0 Å². The molecule has 0 fully saturated rings. The van der Waals surface area contributed by atoms with Gasteiger partial charge < -0.3 is 15.4 Å². The molecule has 0 aliphatic heterocycles. The van der Waals surface area contributed by atoms with Gasteiger partial charge in [0.1, 0.15) is 17.4 Å².